The molecule has 1 aromatic carbocycles. The average molecular weight is 424 g/mol. The summed E-state index contributed by atoms with van der Waals surface area (Å²) in [6.45, 7) is 6.58. The Labute approximate surface area is 180 Å². The van der Waals surface area contributed by atoms with Crippen molar-refractivity contribution in [3.63, 3.8) is 0 Å². The summed E-state index contributed by atoms with van der Waals surface area (Å²) in [7, 11) is 0. The second-order valence-electron chi connectivity index (χ2n) is 7.40. The Bertz CT molecular complexity index is 1030. The Morgan fingerprint density at radius 1 is 1.13 bits per heavy atom. The molecule has 4 rings (SSSR count). The lowest BCUT2D eigenvalue weighted by Crippen LogP contribution is -2.37. The van der Waals surface area contributed by atoms with Gasteiger partial charge >= 0.3 is 0 Å². The third kappa shape index (κ3) is 5.31. The van der Waals surface area contributed by atoms with Crippen molar-refractivity contribution in [3.8, 4) is 22.6 Å². The van der Waals surface area contributed by atoms with Crippen LogP contribution in [0.25, 0.3) is 22.6 Å². The summed E-state index contributed by atoms with van der Waals surface area (Å²) in [6.07, 6.45) is 4.33. The number of hydrogen-bond acceptors (Lipinski definition) is 6. The predicted molar refractivity (Wildman–Crippen MR) is 115 cm³/mol. The zero-order chi connectivity index (χ0) is 21.6. The third-order valence-corrected chi connectivity index (χ3v) is 5.12. The number of aryl methyl sites for hydroxylation is 1. The highest BCUT2D eigenvalue weighted by Crippen LogP contribution is 2.31. The SMILES string of the molecule is CC(=O)Nc1nccc(-c2c(-c3ccc(F)cc3)ncn2CCCN2CCOCC2)n1. The first-order chi connectivity index (χ1) is 15.1. The molecule has 1 aliphatic rings. The van der Waals surface area contributed by atoms with Gasteiger partial charge in [-0.2, -0.15) is 0 Å². The number of hydrogen-bond donors (Lipinski definition) is 1. The van der Waals surface area contributed by atoms with Crippen LogP contribution in [0.1, 0.15) is 13.3 Å². The van der Waals surface area contributed by atoms with Crippen LogP contribution in [-0.4, -0.2) is 63.2 Å². The van der Waals surface area contributed by atoms with Gasteiger partial charge in [-0.25, -0.2) is 19.3 Å². The minimum Gasteiger partial charge on any atom is -0.379 e. The zero-order valence-electron chi connectivity index (χ0n) is 17.4. The Morgan fingerprint density at radius 2 is 1.90 bits per heavy atom. The lowest BCUT2D eigenvalue weighted by molar-refractivity contribution is -0.114. The van der Waals surface area contributed by atoms with E-state index in [2.05, 4.69) is 29.7 Å². The summed E-state index contributed by atoms with van der Waals surface area (Å²) < 4.78 is 20.9. The zero-order valence-corrected chi connectivity index (χ0v) is 17.4. The maximum absolute atomic E-state index is 13.4. The molecule has 0 unspecified atom stereocenters. The summed E-state index contributed by atoms with van der Waals surface area (Å²) in [6, 6.07) is 8.02. The molecule has 0 bridgehead atoms. The van der Waals surface area contributed by atoms with E-state index in [1.165, 1.54) is 19.1 Å². The van der Waals surface area contributed by atoms with Crippen molar-refractivity contribution in [2.75, 3.05) is 38.2 Å². The van der Waals surface area contributed by atoms with Gasteiger partial charge < -0.3 is 9.30 Å². The van der Waals surface area contributed by atoms with Crippen LogP contribution in [0.2, 0.25) is 0 Å². The average Bonchev–Trinajstić information content (AvgIpc) is 3.19. The molecule has 0 aliphatic carbocycles. The first kappa shape index (κ1) is 21.1. The number of anilines is 1. The van der Waals surface area contributed by atoms with Crippen LogP contribution in [0.3, 0.4) is 0 Å². The molecule has 3 heterocycles. The number of carbonyl (C=O) groups excluding carboxylic acids is 1. The highest BCUT2D eigenvalue weighted by Gasteiger charge is 2.18. The number of nitrogens with zero attached hydrogens (tertiary/aromatic N) is 5. The van der Waals surface area contributed by atoms with Gasteiger partial charge in [0.15, 0.2) is 0 Å². The largest absolute Gasteiger partial charge is 0.379 e. The number of imidazole rings is 1. The van der Waals surface area contributed by atoms with Crippen LogP contribution in [-0.2, 0) is 16.1 Å². The van der Waals surface area contributed by atoms with Gasteiger partial charge in [-0.05, 0) is 36.8 Å². The number of benzene rings is 1. The standard InChI is InChI=1S/C22H25FN6O2/c1-16(30)26-22-24-8-7-19(27-22)21-20(17-3-5-18(23)6-4-17)25-15-29(21)10-2-9-28-11-13-31-14-12-28/h3-8,15H,2,9-14H2,1H3,(H,24,26,27,30). The third-order valence-electron chi connectivity index (χ3n) is 5.12. The predicted octanol–water partition coefficient (Wildman–Crippen LogP) is 2.83. The van der Waals surface area contributed by atoms with Crippen LogP contribution < -0.4 is 5.32 Å². The van der Waals surface area contributed by atoms with Crippen molar-refractivity contribution in [3.05, 3.63) is 48.7 Å². The molecule has 9 heteroatoms. The number of morpholine rings is 1. The van der Waals surface area contributed by atoms with Crippen molar-refractivity contribution in [2.24, 2.45) is 0 Å². The van der Waals surface area contributed by atoms with E-state index in [4.69, 9.17) is 4.74 Å². The first-order valence-corrected chi connectivity index (χ1v) is 10.3. The molecule has 1 saturated heterocycles. The van der Waals surface area contributed by atoms with E-state index in [0.717, 1.165) is 57.1 Å². The Kier molecular flexibility index (Phi) is 6.63. The molecule has 162 valence electrons. The Morgan fingerprint density at radius 3 is 2.65 bits per heavy atom. The summed E-state index contributed by atoms with van der Waals surface area (Å²) in [5, 5.41) is 2.62. The summed E-state index contributed by atoms with van der Waals surface area (Å²) in [5.41, 5.74) is 2.95. The number of aromatic nitrogens is 4. The molecule has 3 aromatic rings. The Balaban J connectivity index is 1.63. The van der Waals surface area contributed by atoms with Gasteiger partial charge in [0.2, 0.25) is 11.9 Å². The van der Waals surface area contributed by atoms with E-state index < -0.39 is 0 Å². The number of ether oxygens (including phenoxy) is 1. The Hall–Kier alpha value is -3.17. The van der Waals surface area contributed by atoms with E-state index in [1.807, 2.05) is 0 Å². The van der Waals surface area contributed by atoms with Crippen molar-refractivity contribution in [1.82, 2.24) is 24.4 Å². The number of halogens is 1. The molecule has 8 nitrogen and oxygen atoms in total. The number of nitrogens with one attached hydrogen (secondary N) is 1. The van der Waals surface area contributed by atoms with Gasteiger partial charge in [0.05, 0.1) is 36.6 Å². The topological polar surface area (TPSA) is 85.2 Å². The van der Waals surface area contributed by atoms with E-state index in [-0.39, 0.29) is 17.7 Å². The van der Waals surface area contributed by atoms with Crippen LogP contribution >= 0.6 is 0 Å². The summed E-state index contributed by atoms with van der Waals surface area (Å²) >= 11 is 0. The smallest absolute Gasteiger partial charge is 0.229 e. The number of rotatable bonds is 7. The van der Waals surface area contributed by atoms with E-state index in [9.17, 15) is 9.18 Å². The van der Waals surface area contributed by atoms with Gasteiger partial charge in [-0.3, -0.25) is 15.0 Å². The van der Waals surface area contributed by atoms with Crippen LogP contribution in [0.5, 0.6) is 0 Å². The fraction of sp³-hybridized carbons (Fsp3) is 0.364. The molecule has 0 radical (unpaired) electrons. The minimum absolute atomic E-state index is 0.233. The molecule has 0 atom stereocenters. The van der Waals surface area contributed by atoms with Crippen molar-refractivity contribution >= 4 is 11.9 Å². The molecular formula is C22H25FN6O2. The van der Waals surface area contributed by atoms with Gasteiger partial charge in [0, 0.05) is 44.9 Å². The van der Waals surface area contributed by atoms with Gasteiger partial charge in [-0.15, -0.1) is 0 Å². The molecule has 2 aromatic heterocycles. The molecule has 1 N–H and O–H groups in total. The lowest BCUT2D eigenvalue weighted by Gasteiger charge is -2.26. The molecule has 0 saturated carbocycles. The van der Waals surface area contributed by atoms with Crippen LogP contribution in [0.4, 0.5) is 10.3 Å². The maximum Gasteiger partial charge on any atom is 0.229 e. The fourth-order valence-electron chi connectivity index (χ4n) is 3.64. The van der Waals surface area contributed by atoms with Gasteiger partial charge in [0.1, 0.15) is 5.82 Å². The normalized spacial score (nSPS) is 14.5. The quantitative estimate of drug-likeness (QED) is 0.628. The maximum atomic E-state index is 13.4. The van der Waals surface area contributed by atoms with Gasteiger partial charge in [0.25, 0.3) is 0 Å². The second kappa shape index (κ2) is 9.76. The van der Waals surface area contributed by atoms with E-state index >= 15 is 0 Å². The highest BCUT2D eigenvalue weighted by atomic mass is 19.1. The minimum atomic E-state index is -0.301. The van der Waals surface area contributed by atoms with E-state index in [1.54, 1.807) is 30.7 Å². The summed E-state index contributed by atoms with van der Waals surface area (Å²) in [5.74, 6) is -0.309. The number of carbonyl (C=O) groups is 1. The summed E-state index contributed by atoms with van der Waals surface area (Å²) in [4.78, 5) is 27.1. The fourth-order valence-corrected chi connectivity index (χ4v) is 3.64. The molecule has 1 aliphatic heterocycles. The molecular weight excluding hydrogens is 399 g/mol. The van der Waals surface area contributed by atoms with Crippen LogP contribution in [0, 0.1) is 5.82 Å². The monoisotopic (exact) mass is 424 g/mol. The lowest BCUT2D eigenvalue weighted by atomic mass is 10.1. The number of amides is 1. The van der Waals surface area contributed by atoms with E-state index in [0.29, 0.717) is 11.4 Å². The van der Waals surface area contributed by atoms with Crippen LogP contribution in [0.15, 0.2) is 42.9 Å². The highest BCUT2D eigenvalue weighted by molar-refractivity contribution is 5.87. The molecule has 31 heavy (non-hydrogen) atoms. The molecule has 1 fully saturated rings. The van der Waals surface area contributed by atoms with Crippen molar-refractivity contribution in [2.45, 2.75) is 19.9 Å². The van der Waals surface area contributed by atoms with Crippen molar-refractivity contribution < 1.29 is 13.9 Å². The van der Waals surface area contributed by atoms with Crippen molar-refractivity contribution in [1.29, 1.82) is 0 Å². The molecule has 1 amide bonds. The first-order valence-electron chi connectivity index (χ1n) is 10.3. The molecule has 0 spiro atoms. The van der Waals surface area contributed by atoms with Gasteiger partial charge in [-0.1, -0.05) is 0 Å². The second-order valence-corrected chi connectivity index (χ2v) is 7.40.